The van der Waals surface area contributed by atoms with Crippen molar-refractivity contribution in [2.24, 2.45) is 50.2 Å². The fraction of sp³-hybridized carbons (Fsp3) is 0.778. The van der Waals surface area contributed by atoms with Crippen molar-refractivity contribution >= 4 is 17.5 Å². The highest BCUT2D eigenvalue weighted by atomic mass is 16.2. The molecule has 1 heterocycles. The maximum absolute atomic E-state index is 14.6. The molecule has 0 aromatic rings. The molecule has 6 aliphatic rings. The molecule has 5 heteroatoms. The van der Waals surface area contributed by atoms with Gasteiger partial charge in [-0.1, -0.05) is 60.1 Å². The average Bonchev–Trinajstić information content (AvgIpc) is 2.85. The van der Waals surface area contributed by atoms with Gasteiger partial charge in [0.25, 0.3) is 0 Å². The van der Waals surface area contributed by atoms with Crippen molar-refractivity contribution < 1.29 is 14.4 Å². The second-order valence-corrected chi connectivity index (χ2v) is 16.9. The van der Waals surface area contributed by atoms with E-state index >= 15 is 0 Å². The van der Waals surface area contributed by atoms with Crippen molar-refractivity contribution in [3.63, 3.8) is 0 Å². The minimum atomic E-state index is -0.643. The summed E-state index contributed by atoms with van der Waals surface area (Å²) < 4.78 is 0. The molecule has 0 bridgehead atoms. The number of carbonyl (C=O) groups is 3. The Balaban J connectivity index is 1.43. The van der Waals surface area contributed by atoms with Crippen LogP contribution in [0.1, 0.15) is 113 Å². The normalized spacial score (nSPS) is 44.1. The summed E-state index contributed by atoms with van der Waals surface area (Å²) in [6, 6.07) is 2.21. The number of hydrogen-bond donors (Lipinski definition) is 0. The Bertz CT molecular complexity index is 1310. The Kier molecular flexibility index (Phi) is 6.27. The first kappa shape index (κ1) is 28.9. The third-order valence-electron chi connectivity index (χ3n) is 14.1. The van der Waals surface area contributed by atoms with Gasteiger partial charge < -0.3 is 4.90 Å². The molecule has 1 amide bonds. The fourth-order valence-electron chi connectivity index (χ4n) is 11.3. The summed E-state index contributed by atoms with van der Waals surface area (Å²) in [5, 5.41) is 9.95. The van der Waals surface area contributed by atoms with E-state index in [0.29, 0.717) is 12.3 Å². The summed E-state index contributed by atoms with van der Waals surface area (Å²) >= 11 is 0. The Hall–Kier alpha value is -2.22. The van der Waals surface area contributed by atoms with E-state index in [1.807, 2.05) is 30.9 Å². The van der Waals surface area contributed by atoms with Crippen LogP contribution in [0.25, 0.3) is 0 Å². The highest BCUT2D eigenvalue weighted by molar-refractivity contribution is 6.04. The molecule has 1 saturated heterocycles. The molecule has 3 saturated carbocycles. The van der Waals surface area contributed by atoms with Gasteiger partial charge in [-0.3, -0.25) is 14.4 Å². The number of hydrogen-bond acceptors (Lipinski definition) is 4. The number of likely N-dealkylation sites (tertiary alicyclic amines) is 1. The van der Waals surface area contributed by atoms with Crippen molar-refractivity contribution in [3.05, 3.63) is 23.3 Å². The van der Waals surface area contributed by atoms with Gasteiger partial charge in [-0.05, 0) is 97.4 Å². The van der Waals surface area contributed by atoms with Crippen molar-refractivity contribution in [1.82, 2.24) is 4.90 Å². The molecule has 1 aliphatic heterocycles. The van der Waals surface area contributed by atoms with Crippen LogP contribution in [-0.4, -0.2) is 35.5 Å². The minimum absolute atomic E-state index is 0.0474. The van der Waals surface area contributed by atoms with Gasteiger partial charge in [0.2, 0.25) is 5.91 Å². The smallest absolute Gasteiger partial charge is 0.222 e. The second kappa shape index (κ2) is 8.90. The van der Waals surface area contributed by atoms with Crippen molar-refractivity contribution in [2.45, 2.75) is 113 Å². The van der Waals surface area contributed by atoms with Gasteiger partial charge in [0.1, 0.15) is 6.07 Å². The zero-order chi connectivity index (χ0) is 29.8. The number of carbonyl (C=O) groups excluding carboxylic acids is 3. The predicted molar refractivity (Wildman–Crippen MR) is 159 cm³/mol. The lowest BCUT2D eigenvalue weighted by atomic mass is 9.34. The van der Waals surface area contributed by atoms with E-state index in [4.69, 9.17) is 0 Å². The SMILES string of the molecule is CC1(C)CC[C@]2(CCC(=O)N3CCC3)CC[C@]3(C)C(C(=O)C=C4[C@@]5(C)C=C(C#N)C(=O)C(C)(C)[C@@H]5CC[C@]43C)C2C1. The highest BCUT2D eigenvalue weighted by Crippen LogP contribution is 2.75. The lowest BCUT2D eigenvalue weighted by molar-refractivity contribution is -0.173. The summed E-state index contributed by atoms with van der Waals surface area (Å²) in [6.45, 7) is 17.5. The van der Waals surface area contributed by atoms with E-state index in [1.54, 1.807) is 0 Å². The molecule has 0 spiro atoms. The first-order chi connectivity index (χ1) is 19.0. The molecule has 222 valence electrons. The van der Waals surface area contributed by atoms with E-state index in [0.717, 1.165) is 76.5 Å². The zero-order valence-corrected chi connectivity index (χ0v) is 26.5. The van der Waals surface area contributed by atoms with Crippen molar-refractivity contribution in [2.75, 3.05) is 13.1 Å². The van der Waals surface area contributed by atoms with Crippen LogP contribution in [0, 0.1) is 61.6 Å². The minimum Gasteiger partial charge on any atom is -0.343 e. The fourth-order valence-corrected chi connectivity index (χ4v) is 11.3. The third kappa shape index (κ3) is 3.80. The molecule has 2 unspecified atom stereocenters. The molecule has 5 aliphatic carbocycles. The van der Waals surface area contributed by atoms with Crippen LogP contribution in [0.3, 0.4) is 0 Å². The van der Waals surface area contributed by atoms with Crippen LogP contribution in [-0.2, 0) is 14.4 Å². The molecule has 0 aromatic heterocycles. The number of fused-ring (bicyclic) bond motifs is 7. The van der Waals surface area contributed by atoms with E-state index in [2.05, 4.69) is 40.7 Å². The summed E-state index contributed by atoms with van der Waals surface area (Å²) in [5.41, 5.74) is 0.116. The molecule has 5 nitrogen and oxygen atoms in total. The summed E-state index contributed by atoms with van der Waals surface area (Å²) in [5.74, 6) is 0.780. The summed E-state index contributed by atoms with van der Waals surface area (Å²) in [6.07, 6.45) is 13.8. The van der Waals surface area contributed by atoms with Gasteiger partial charge in [0, 0.05) is 36.3 Å². The van der Waals surface area contributed by atoms with Crippen LogP contribution in [0.5, 0.6) is 0 Å². The van der Waals surface area contributed by atoms with Crippen LogP contribution in [0.4, 0.5) is 0 Å². The number of Topliss-reactive ketones (excluding diaryl/α,β-unsaturated/α-hetero) is 1. The molecule has 0 N–H and O–H groups in total. The first-order valence-electron chi connectivity index (χ1n) is 16.3. The maximum atomic E-state index is 14.6. The highest BCUT2D eigenvalue weighted by Gasteiger charge is 2.69. The van der Waals surface area contributed by atoms with E-state index in [1.165, 1.54) is 0 Å². The molecule has 4 fully saturated rings. The molecule has 7 atom stereocenters. The lowest BCUT2D eigenvalue weighted by Gasteiger charge is -2.69. The average molecular weight is 559 g/mol. The largest absolute Gasteiger partial charge is 0.343 e. The standard InChI is InChI=1S/C36H50N2O3/c1-31(2)13-15-36(12-10-28(40)38-17-8-18-38)16-14-35(7)29(24(36)21-31)25(39)19-27-33(5)20-23(22-37)30(41)32(3,4)26(33)9-11-34(27,35)6/h19-20,24,26,29H,8-18,21H2,1-7H3/t24?,26-,29?,33-,34+,35+,36+/m0/s1. The maximum Gasteiger partial charge on any atom is 0.222 e. The van der Waals surface area contributed by atoms with Crippen molar-refractivity contribution in [1.29, 1.82) is 5.26 Å². The molecule has 0 aromatic carbocycles. The van der Waals surface area contributed by atoms with Gasteiger partial charge in [-0.15, -0.1) is 0 Å². The summed E-state index contributed by atoms with van der Waals surface area (Å²) in [4.78, 5) is 42.9. The van der Waals surface area contributed by atoms with Crippen LogP contribution in [0.2, 0.25) is 0 Å². The molecule has 6 rings (SSSR count). The van der Waals surface area contributed by atoms with E-state index in [-0.39, 0.29) is 56.6 Å². The van der Waals surface area contributed by atoms with Crippen LogP contribution in [0.15, 0.2) is 23.3 Å². The van der Waals surface area contributed by atoms with Crippen LogP contribution < -0.4 is 0 Å². The topological polar surface area (TPSA) is 78.2 Å². The van der Waals surface area contributed by atoms with Gasteiger partial charge in [-0.2, -0.15) is 5.26 Å². The zero-order valence-electron chi connectivity index (χ0n) is 26.5. The quantitative estimate of drug-likeness (QED) is 0.366. The monoisotopic (exact) mass is 558 g/mol. The van der Waals surface area contributed by atoms with E-state index in [9.17, 15) is 19.6 Å². The van der Waals surface area contributed by atoms with Gasteiger partial charge in [-0.25, -0.2) is 0 Å². The number of nitriles is 1. The Labute approximate surface area is 247 Å². The summed E-state index contributed by atoms with van der Waals surface area (Å²) in [7, 11) is 0. The van der Waals surface area contributed by atoms with Gasteiger partial charge >= 0.3 is 0 Å². The number of allylic oxidation sites excluding steroid dienone is 4. The lowest BCUT2D eigenvalue weighted by Crippen LogP contribution is -2.64. The van der Waals surface area contributed by atoms with Crippen LogP contribution >= 0.6 is 0 Å². The Morgan fingerprint density at radius 1 is 1.00 bits per heavy atom. The number of rotatable bonds is 3. The second-order valence-electron chi connectivity index (χ2n) is 16.9. The number of ketones is 2. The number of amides is 1. The molecular formula is C36H50N2O3. The predicted octanol–water partition coefficient (Wildman–Crippen LogP) is 7.22. The Morgan fingerprint density at radius 3 is 2.32 bits per heavy atom. The van der Waals surface area contributed by atoms with E-state index < -0.39 is 10.8 Å². The third-order valence-corrected chi connectivity index (χ3v) is 14.1. The number of nitrogens with zero attached hydrogens (tertiary/aromatic N) is 2. The van der Waals surface area contributed by atoms with Crippen molar-refractivity contribution in [3.8, 4) is 6.07 Å². The first-order valence-corrected chi connectivity index (χ1v) is 16.3. The molecular weight excluding hydrogens is 508 g/mol. The van der Waals surface area contributed by atoms with Gasteiger partial charge in [0.05, 0.1) is 5.57 Å². The molecule has 41 heavy (non-hydrogen) atoms. The molecule has 0 radical (unpaired) electrons. The Morgan fingerprint density at radius 2 is 1.68 bits per heavy atom. The van der Waals surface area contributed by atoms with Gasteiger partial charge in [0.15, 0.2) is 11.6 Å².